The Balaban J connectivity index is 1.20. The number of carbonyl (C=O) groups excluding carboxylic acids is 1. The molecule has 4 bridgehead atoms. The Morgan fingerprint density at radius 2 is 2.03 bits per heavy atom. The van der Waals surface area contributed by atoms with E-state index in [9.17, 15) is 9.90 Å². The molecule has 0 aliphatic heterocycles. The van der Waals surface area contributed by atoms with Crippen molar-refractivity contribution in [2.24, 2.45) is 23.7 Å². The van der Waals surface area contributed by atoms with Crippen molar-refractivity contribution in [1.82, 2.24) is 20.4 Å². The van der Waals surface area contributed by atoms with Crippen LogP contribution in [-0.4, -0.2) is 44.3 Å². The SMILES string of the molecule is O=C(NCC1CC1)c1noc(-c2cnc3c(c2NC2[C@@H]4CC5C[C@H]2CC(O)(C5)C4)C=CC3)n1. The monoisotopic (exact) mass is 447 g/mol. The van der Waals surface area contributed by atoms with Gasteiger partial charge in [-0.2, -0.15) is 4.98 Å². The molecular formula is C25H29N5O3. The van der Waals surface area contributed by atoms with Crippen molar-refractivity contribution in [2.75, 3.05) is 11.9 Å². The van der Waals surface area contributed by atoms with Crippen molar-refractivity contribution < 1.29 is 14.4 Å². The lowest BCUT2D eigenvalue weighted by atomic mass is 9.52. The Labute approximate surface area is 192 Å². The number of hydrogen-bond donors (Lipinski definition) is 3. The van der Waals surface area contributed by atoms with E-state index in [0.29, 0.717) is 42.1 Å². The summed E-state index contributed by atoms with van der Waals surface area (Å²) in [5, 5.41) is 21.7. The Hall–Kier alpha value is -2.74. The summed E-state index contributed by atoms with van der Waals surface area (Å²) in [5.74, 6) is 2.25. The van der Waals surface area contributed by atoms with E-state index in [4.69, 9.17) is 4.52 Å². The molecule has 33 heavy (non-hydrogen) atoms. The normalized spacial score (nSPS) is 33.4. The van der Waals surface area contributed by atoms with Gasteiger partial charge >= 0.3 is 0 Å². The first-order valence-electron chi connectivity index (χ1n) is 12.3. The number of rotatable bonds is 6. The predicted molar refractivity (Wildman–Crippen MR) is 121 cm³/mol. The fraction of sp³-hybridized carbons (Fsp3) is 0.600. The summed E-state index contributed by atoms with van der Waals surface area (Å²) >= 11 is 0. The van der Waals surface area contributed by atoms with Gasteiger partial charge in [-0.3, -0.25) is 9.78 Å². The van der Waals surface area contributed by atoms with Crippen LogP contribution in [0.2, 0.25) is 0 Å². The van der Waals surface area contributed by atoms with E-state index in [1.165, 1.54) is 25.7 Å². The summed E-state index contributed by atoms with van der Waals surface area (Å²) in [6.45, 7) is 0.665. The van der Waals surface area contributed by atoms with Crippen LogP contribution in [0.5, 0.6) is 0 Å². The van der Waals surface area contributed by atoms with Gasteiger partial charge in [0.05, 0.1) is 22.5 Å². The number of carbonyl (C=O) groups is 1. The Morgan fingerprint density at radius 3 is 2.79 bits per heavy atom. The molecule has 6 aliphatic rings. The fourth-order valence-electron chi connectivity index (χ4n) is 6.96. The van der Waals surface area contributed by atoms with E-state index >= 15 is 0 Å². The summed E-state index contributed by atoms with van der Waals surface area (Å²) in [5.41, 5.74) is 3.34. The molecule has 172 valence electrons. The summed E-state index contributed by atoms with van der Waals surface area (Å²) in [4.78, 5) is 21.5. The van der Waals surface area contributed by atoms with Gasteiger partial charge in [-0.05, 0) is 68.6 Å². The minimum atomic E-state index is -0.465. The number of aliphatic hydroxyl groups is 1. The topological polar surface area (TPSA) is 113 Å². The highest BCUT2D eigenvalue weighted by molar-refractivity contribution is 5.91. The van der Waals surface area contributed by atoms with Gasteiger partial charge in [0.2, 0.25) is 0 Å². The minimum Gasteiger partial charge on any atom is -0.390 e. The van der Waals surface area contributed by atoms with Crippen molar-refractivity contribution in [3.8, 4) is 11.5 Å². The average Bonchev–Trinajstić information content (AvgIpc) is 3.27. The van der Waals surface area contributed by atoms with Crippen molar-refractivity contribution in [3.05, 3.63) is 29.4 Å². The van der Waals surface area contributed by atoms with Crippen molar-refractivity contribution in [2.45, 2.75) is 63.0 Å². The fourth-order valence-corrected chi connectivity index (χ4v) is 6.96. The Kier molecular flexibility index (Phi) is 4.26. The zero-order valence-electron chi connectivity index (χ0n) is 18.6. The second-order valence-electron chi connectivity index (χ2n) is 11.0. The second-order valence-corrected chi connectivity index (χ2v) is 11.0. The predicted octanol–water partition coefficient (Wildman–Crippen LogP) is 3.19. The van der Waals surface area contributed by atoms with Crippen LogP contribution >= 0.6 is 0 Å². The van der Waals surface area contributed by atoms with Crippen LogP contribution in [0.4, 0.5) is 5.69 Å². The molecule has 8 rings (SSSR count). The molecule has 8 nitrogen and oxygen atoms in total. The van der Waals surface area contributed by atoms with Crippen LogP contribution in [0.15, 0.2) is 16.8 Å². The second kappa shape index (κ2) is 7.13. The van der Waals surface area contributed by atoms with Gasteiger partial charge in [-0.25, -0.2) is 0 Å². The molecule has 5 fully saturated rings. The quantitative estimate of drug-likeness (QED) is 0.623. The molecule has 6 aliphatic carbocycles. The largest absolute Gasteiger partial charge is 0.390 e. The maximum atomic E-state index is 12.4. The van der Waals surface area contributed by atoms with Gasteiger partial charge < -0.3 is 20.3 Å². The lowest BCUT2D eigenvalue weighted by Gasteiger charge is -2.58. The number of aromatic nitrogens is 3. The van der Waals surface area contributed by atoms with E-state index in [0.717, 1.165) is 48.2 Å². The lowest BCUT2D eigenvalue weighted by molar-refractivity contribution is -0.129. The zero-order valence-corrected chi connectivity index (χ0v) is 18.6. The van der Waals surface area contributed by atoms with Crippen LogP contribution in [-0.2, 0) is 6.42 Å². The summed E-state index contributed by atoms with van der Waals surface area (Å²) in [6, 6.07) is 0.310. The summed E-state index contributed by atoms with van der Waals surface area (Å²) in [7, 11) is 0. The summed E-state index contributed by atoms with van der Waals surface area (Å²) in [6.07, 6.45) is 14.3. The zero-order chi connectivity index (χ0) is 22.2. The van der Waals surface area contributed by atoms with E-state index in [1.54, 1.807) is 6.20 Å². The van der Waals surface area contributed by atoms with Crippen LogP contribution in [0.1, 0.15) is 66.8 Å². The van der Waals surface area contributed by atoms with Crippen LogP contribution in [0.25, 0.3) is 17.5 Å². The standard InChI is InChI=1S/C25H29N5O3/c31-23(27-11-13-4-5-13)22-29-24(33-30-22)18-12-26-19-3-1-2-17(19)21(18)28-20-15-6-14-7-16(20)10-25(32,8-14)9-15/h1-2,12-16,20,32H,3-11H2,(H,26,28)(H,27,31)/t14?,15-,16+,20?,25?. The van der Waals surface area contributed by atoms with Crippen LogP contribution in [0.3, 0.4) is 0 Å². The van der Waals surface area contributed by atoms with E-state index in [2.05, 4.69) is 37.9 Å². The number of fused-ring (bicyclic) bond motifs is 1. The van der Waals surface area contributed by atoms with Gasteiger partial charge in [-0.1, -0.05) is 17.3 Å². The summed E-state index contributed by atoms with van der Waals surface area (Å²) < 4.78 is 5.55. The maximum absolute atomic E-state index is 12.4. The van der Waals surface area contributed by atoms with Gasteiger partial charge in [0, 0.05) is 30.8 Å². The first-order valence-corrected chi connectivity index (χ1v) is 12.3. The third-order valence-electron chi connectivity index (χ3n) is 8.45. The van der Waals surface area contributed by atoms with Gasteiger partial charge in [-0.15, -0.1) is 0 Å². The third-order valence-corrected chi connectivity index (χ3v) is 8.45. The maximum Gasteiger partial charge on any atom is 0.292 e. The molecule has 5 saturated carbocycles. The molecule has 2 aromatic rings. The molecule has 2 aromatic heterocycles. The van der Waals surface area contributed by atoms with E-state index < -0.39 is 5.60 Å². The molecule has 0 radical (unpaired) electrons. The molecule has 2 heterocycles. The first kappa shape index (κ1) is 19.7. The first-order chi connectivity index (χ1) is 16.0. The molecular weight excluding hydrogens is 418 g/mol. The Morgan fingerprint density at radius 1 is 1.21 bits per heavy atom. The highest BCUT2D eigenvalue weighted by Crippen LogP contribution is 2.56. The highest BCUT2D eigenvalue weighted by atomic mass is 16.5. The average molecular weight is 448 g/mol. The van der Waals surface area contributed by atoms with Crippen molar-refractivity contribution in [1.29, 1.82) is 0 Å². The highest BCUT2D eigenvalue weighted by Gasteiger charge is 2.55. The van der Waals surface area contributed by atoms with Crippen LogP contribution < -0.4 is 10.6 Å². The number of pyridine rings is 1. The molecule has 3 unspecified atom stereocenters. The Bertz CT molecular complexity index is 1140. The van der Waals surface area contributed by atoms with Gasteiger partial charge in [0.15, 0.2) is 0 Å². The van der Waals surface area contributed by atoms with Gasteiger partial charge in [0.1, 0.15) is 0 Å². The molecule has 8 heteroatoms. The van der Waals surface area contributed by atoms with E-state index in [-0.39, 0.29) is 11.7 Å². The molecule has 3 N–H and O–H groups in total. The molecule has 0 spiro atoms. The van der Waals surface area contributed by atoms with Crippen molar-refractivity contribution >= 4 is 17.7 Å². The smallest absolute Gasteiger partial charge is 0.292 e. The number of amides is 1. The minimum absolute atomic E-state index is 0.0597. The number of allylic oxidation sites excluding steroid dienone is 1. The number of nitrogens with zero attached hydrogens (tertiary/aromatic N) is 3. The van der Waals surface area contributed by atoms with Crippen LogP contribution in [0, 0.1) is 23.7 Å². The van der Waals surface area contributed by atoms with Gasteiger partial charge in [0.25, 0.3) is 17.6 Å². The molecule has 0 saturated heterocycles. The van der Waals surface area contributed by atoms with Crippen molar-refractivity contribution in [3.63, 3.8) is 0 Å². The molecule has 0 aromatic carbocycles. The number of anilines is 1. The molecule has 1 amide bonds. The number of hydrogen-bond acceptors (Lipinski definition) is 7. The lowest BCUT2D eigenvalue weighted by Crippen LogP contribution is -2.59. The number of nitrogens with one attached hydrogen (secondary N) is 2. The molecule has 5 atom stereocenters. The third kappa shape index (κ3) is 3.38. The van der Waals surface area contributed by atoms with E-state index in [1.807, 2.05) is 0 Å².